The molecule has 0 unspecified atom stereocenters. The second-order valence-corrected chi connectivity index (χ2v) is 6.23. The first-order valence-corrected chi connectivity index (χ1v) is 8.64. The fraction of sp³-hybridized carbons (Fsp3) is 0.706. The summed E-state index contributed by atoms with van der Waals surface area (Å²) in [6.07, 6.45) is 9.36. The van der Waals surface area contributed by atoms with Gasteiger partial charge in [0.05, 0.1) is 0 Å². The minimum absolute atomic E-state index is 0.295. The predicted octanol–water partition coefficient (Wildman–Crippen LogP) is 2.79. The number of rotatable bonds is 7. The van der Waals surface area contributed by atoms with Crippen LogP contribution < -0.4 is 10.6 Å². The van der Waals surface area contributed by atoms with Gasteiger partial charge >= 0.3 is 0 Å². The number of nitrogens with zero attached hydrogens (tertiary/aromatic N) is 3. The Morgan fingerprint density at radius 3 is 2.65 bits per heavy atom. The average molecular weight is 319 g/mol. The molecule has 6 nitrogen and oxygen atoms in total. The maximum Gasteiger partial charge on any atom is 0.228 e. The standard InChI is InChI=1S/C17H29N5O/c1-13(2)16-21-15(23-22-16)10-12-20-17(18-3)19-11-9-14-7-5-4-6-8-14/h7,13H,4-6,8-12H2,1-3H3,(H2,18,19,20). The zero-order chi connectivity index (χ0) is 16.5. The summed E-state index contributed by atoms with van der Waals surface area (Å²) < 4.78 is 5.23. The van der Waals surface area contributed by atoms with Gasteiger partial charge in [-0.05, 0) is 32.1 Å². The molecule has 6 heteroatoms. The molecule has 128 valence electrons. The number of aliphatic imine (C=N–C) groups is 1. The van der Waals surface area contributed by atoms with Gasteiger partial charge in [-0.15, -0.1) is 0 Å². The summed E-state index contributed by atoms with van der Waals surface area (Å²) in [5.41, 5.74) is 1.58. The second kappa shape index (κ2) is 9.33. The topological polar surface area (TPSA) is 75.3 Å². The van der Waals surface area contributed by atoms with Crippen molar-refractivity contribution in [1.29, 1.82) is 0 Å². The van der Waals surface area contributed by atoms with Gasteiger partial charge in [-0.1, -0.05) is 30.7 Å². The van der Waals surface area contributed by atoms with Crippen LogP contribution in [0.1, 0.15) is 63.6 Å². The molecule has 1 aliphatic rings. The normalized spacial score (nSPS) is 15.7. The van der Waals surface area contributed by atoms with Crippen molar-refractivity contribution in [2.24, 2.45) is 4.99 Å². The van der Waals surface area contributed by atoms with Gasteiger partial charge in [0.25, 0.3) is 0 Å². The first-order valence-electron chi connectivity index (χ1n) is 8.64. The van der Waals surface area contributed by atoms with Crippen LogP contribution in [0.25, 0.3) is 0 Å². The predicted molar refractivity (Wildman–Crippen MR) is 92.6 cm³/mol. The number of aromatic nitrogens is 2. The molecular weight excluding hydrogens is 290 g/mol. The van der Waals surface area contributed by atoms with E-state index in [9.17, 15) is 0 Å². The van der Waals surface area contributed by atoms with Crippen LogP contribution >= 0.6 is 0 Å². The fourth-order valence-corrected chi connectivity index (χ4v) is 2.59. The number of hydrogen-bond acceptors (Lipinski definition) is 4. The SMILES string of the molecule is CN=C(NCCC1=CCCCC1)NCCc1nc(C(C)C)no1. The molecule has 1 heterocycles. The van der Waals surface area contributed by atoms with E-state index in [1.807, 2.05) is 0 Å². The van der Waals surface area contributed by atoms with Crippen molar-refractivity contribution in [2.75, 3.05) is 20.1 Å². The van der Waals surface area contributed by atoms with Crippen molar-refractivity contribution < 1.29 is 4.52 Å². The smallest absolute Gasteiger partial charge is 0.228 e. The van der Waals surface area contributed by atoms with Gasteiger partial charge in [-0.25, -0.2) is 0 Å². The lowest BCUT2D eigenvalue weighted by atomic mass is 9.97. The Balaban J connectivity index is 1.65. The number of nitrogens with one attached hydrogen (secondary N) is 2. The molecule has 0 amide bonds. The Morgan fingerprint density at radius 2 is 2.04 bits per heavy atom. The Morgan fingerprint density at radius 1 is 1.26 bits per heavy atom. The molecular formula is C17H29N5O. The molecule has 0 aliphatic heterocycles. The summed E-state index contributed by atoms with van der Waals surface area (Å²) in [7, 11) is 1.79. The van der Waals surface area contributed by atoms with E-state index in [1.165, 1.54) is 25.7 Å². The molecule has 2 N–H and O–H groups in total. The Labute approximate surface area is 138 Å². The molecule has 23 heavy (non-hydrogen) atoms. The lowest BCUT2D eigenvalue weighted by Crippen LogP contribution is -2.38. The van der Waals surface area contributed by atoms with Gasteiger partial charge in [0.15, 0.2) is 11.8 Å². The van der Waals surface area contributed by atoms with Crippen LogP contribution in [0.5, 0.6) is 0 Å². The van der Waals surface area contributed by atoms with E-state index in [0.29, 0.717) is 18.2 Å². The third-order valence-corrected chi connectivity index (χ3v) is 3.98. The van der Waals surface area contributed by atoms with Crippen LogP contribution in [0.3, 0.4) is 0 Å². The summed E-state index contributed by atoms with van der Waals surface area (Å²) in [6.45, 7) is 5.76. The van der Waals surface area contributed by atoms with Gasteiger partial charge in [-0.2, -0.15) is 4.98 Å². The molecule has 0 atom stereocenters. The third kappa shape index (κ3) is 6.04. The van der Waals surface area contributed by atoms with Crippen molar-refractivity contribution in [3.63, 3.8) is 0 Å². The van der Waals surface area contributed by atoms with E-state index in [1.54, 1.807) is 12.6 Å². The molecule has 2 rings (SSSR count). The van der Waals surface area contributed by atoms with E-state index in [0.717, 1.165) is 31.3 Å². The Kier molecular flexibility index (Phi) is 7.10. The zero-order valence-corrected chi connectivity index (χ0v) is 14.6. The van der Waals surface area contributed by atoms with Gasteiger partial charge < -0.3 is 15.2 Å². The molecule has 1 aliphatic carbocycles. The molecule has 0 radical (unpaired) electrons. The molecule has 0 bridgehead atoms. The summed E-state index contributed by atoms with van der Waals surface area (Å²) in [4.78, 5) is 8.61. The zero-order valence-electron chi connectivity index (χ0n) is 14.6. The highest BCUT2D eigenvalue weighted by atomic mass is 16.5. The first-order chi connectivity index (χ1) is 11.2. The molecule has 0 fully saturated rings. The molecule has 0 aromatic carbocycles. The minimum Gasteiger partial charge on any atom is -0.356 e. The van der Waals surface area contributed by atoms with Crippen LogP contribution in [0.15, 0.2) is 21.2 Å². The highest BCUT2D eigenvalue weighted by Crippen LogP contribution is 2.19. The summed E-state index contributed by atoms with van der Waals surface area (Å²) in [5, 5.41) is 10.6. The van der Waals surface area contributed by atoms with Crippen LogP contribution in [-0.2, 0) is 6.42 Å². The summed E-state index contributed by atoms with van der Waals surface area (Å²) >= 11 is 0. The largest absolute Gasteiger partial charge is 0.356 e. The molecule has 1 aromatic rings. The first kappa shape index (κ1) is 17.5. The molecule has 0 saturated heterocycles. The van der Waals surface area contributed by atoms with Crippen LogP contribution in [0.4, 0.5) is 0 Å². The number of allylic oxidation sites excluding steroid dienone is 1. The van der Waals surface area contributed by atoms with E-state index in [4.69, 9.17) is 4.52 Å². The Bertz CT molecular complexity index is 533. The molecule has 0 spiro atoms. The quantitative estimate of drug-likeness (QED) is 0.459. The van der Waals surface area contributed by atoms with E-state index in [2.05, 4.69) is 45.7 Å². The maximum absolute atomic E-state index is 5.23. The van der Waals surface area contributed by atoms with Gasteiger partial charge in [0.1, 0.15) is 0 Å². The van der Waals surface area contributed by atoms with Crippen molar-refractivity contribution in [3.8, 4) is 0 Å². The van der Waals surface area contributed by atoms with Crippen molar-refractivity contribution in [1.82, 2.24) is 20.8 Å². The highest BCUT2D eigenvalue weighted by Gasteiger charge is 2.09. The van der Waals surface area contributed by atoms with Crippen molar-refractivity contribution in [3.05, 3.63) is 23.4 Å². The van der Waals surface area contributed by atoms with Gasteiger partial charge in [-0.3, -0.25) is 4.99 Å². The van der Waals surface area contributed by atoms with Crippen molar-refractivity contribution in [2.45, 2.75) is 58.3 Å². The lowest BCUT2D eigenvalue weighted by molar-refractivity contribution is 0.371. The molecule has 1 aromatic heterocycles. The number of guanidine groups is 1. The average Bonchev–Trinajstić information content (AvgIpc) is 3.03. The summed E-state index contributed by atoms with van der Waals surface area (Å²) in [6, 6.07) is 0. The molecule has 0 saturated carbocycles. The fourth-order valence-electron chi connectivity index (χ4n) is 2.59. The van der Waals surface area contributed by atoms with Crippen LogP contribution in [0.2, 0.25) is 0 Å². The maximum atomic E-state index is 5.23. The van der Waals surface area contributed by atoms with Crippen molar-refractivity contribution >= 4 is 5.96 Å². The number of hydrogen-bond donors (Lipinski definition) is 2. The van der Waals surface area contributed by atoms with E-state index < -0.39 is 0 Å². The van der Waals surface area contributed by atoms with Crippen LogP contribution in [0, 0.1) is 0 Å². The minimum atomic E-state index is 0.295. The monoisotopic (exact) mass is 319 g/mol. The van der Waals surface area contributed by atoms with E-state index in [-0.39, 0.29) is 0 Å². The third-order valence-electron chi connectivity index (χ3n) is 3.98. The highest BCUT2D eigenvalue weighted by molar-refractivity contribution is 5.79. The summed E-state index contributed by atoms with van der Waals surface area (Å²) in [5.74, 6) is 2.56. The van der Waals surface area contributed by atoms with E-state index >= 15 is 0 Å². The Hall–Kier alpha value is -1.85. The van der Waals surface area contributed by atoms with Gasteiger partial charge in [0.2, 0.25) is 5.89 Å². The van der Waals surface area contributed by atoms with Crippen LogP contribution in [-0.4, -0.2) is 36.2 Å². The second-order valence-electron chi connectivity index (χ2n) is 6.23. The van der Waals surface area contributed by atoms with Gasteiger partial charge in [0, 0.05) is 32.5 Å². The lowest BCUT2D eigenvalue weighted by Gasteiger charge is -2.14.